The van der Waals surface area contributed by atoms with E-state index in [1.165, 1.54) is 0 Å². The molecular formula is C25H27NO4. The van der Waals surface area contributed by atoms with Gasteiger partial charge in [-0.1, -0.05) is 49.4 Å². The van der Waals surface area contributed by atoms with Crippen LogP contribution < -0.4 is 4.74 Å². The zero-order valence-corrected chi connectivity index (χ0v) is 17.7. The average molecular weight is 405 g/mol. The van der Waals surface area contributed by atoms with Crippen molar-refractivity contribution in [3.8, 4) is 5.75 Å². The Hall–Kier alpha value is -3.34. The molecule has 0 unspecified atom stereocenters. The van der Waals surface area contributed by atoms with Crippen LogP contribution in [0.4, 0.5) is 0 Å². The van der Waals surface area contributed by atoms with E-state index in [1.807, 2.05) is 50.2 Å². The van der Waals surface area contributed by atoms with E-state index in [0.29, 0.717) is 23.5 Å². The number of nitrogens with zero attached hydrogens (tertiary/aromatic N) is 1. The first kappa shape index (κ1) is 21.4. The molecule has 5 nitrogen and oxygen atoms in total. The van der Waals surface area contributed by atoms with E-state index in [-0.39, 0.29) is 12.4 Å². The molecule has 3 aromatic rings. The second kappa shape index (κ2) is 9.92. The van der Waals surface area contributed by atoms with E-state index in [1.54, 1.807) is 24.3 Å². The summed E-state index contributed by atoms with van der Waals surface area (Å²) < 4.78 is 13.2. The van der Waals surface area contributed by atoms with Crippen LogP contribution in [0.3, 0.4) is 0 Å². The lowest BCUT2D eigenvalue weighted by atomic mass is 10.1. The molecular weight excluding hydrogens is 378 g/mol. The fourth-order valence-corrected chi connectivity index (χ4v) is 3.43. The Labute approximate surface area is 177 Å². The van der Waals surface area contributed by atoms with Crippen molar-refractivity contribution in [2.75, 3.05) is 6.61 Å². The average Bonchev–Trinajstić information content (AvgIpc) is 3.05. The van der Waals surface area contributed by atoms with Crippen LogP contribution in [0.25, 0.3) is 0 Å². The van der Waals surface area contributed by atoms with Crippen LogP contribution in [-0.2, 0) is 17.9 Å². The molecule has 5 heteroatoms. The van der Waals surface area contributed by atoms with Crippen molar-refractivity contribution >= 4 is 11.8 Å². The van der Waals surface area contributed by atoms with Gasteiger partial charge in [0.25, 0.3) is 0 Å². The van der Waals surface area contributed by atoms with Crippen molar-refractivity contribution in [1.29, 1.82) is 0 Å². The molecule has 0 saturated heterocycles. The largest absolute Gasteiger partial charge is 0.488 e. The summed E-state index contributed by atoms with van der Waals surface area (Å²) in [7, 11) is 0. The highest BCUT2D eigenvalue weighted by molar-refractivity contribution is 6.01. The molecule has 0 atom stereocenters. The van der Waals surface area contributed by atoms with Crippen molar-refractivity contribution in [3.05, 3.63) is 88.7 Å². The lowest BCUT2D eigenvalue weighted by Crippen LogP contribution is -2.16. The third-order valence-electron chi connectivity index (χ3n) is 5.00. The first-order valence-corrected chi connectivity index (χ1v) is 10.1. The molecule has 0 saturated carbocycles. The van der Waals surface area contributed by atoms with Crippen LogP contribution in [-0.4, -0.2) is 22.9 Å². The van der Waals surface area contributed by atoms with Gasteiger partial charge in [0.05, 0.1) is 0 Å². The van der Waals surface area contributed by atoms with Gasteiger partial charge in [-0.3, -0.25) is 4.79 Å². The molecule has 0 radical (unpaired) electrons. The lowest BCUT2D eigenvalue weighted by Gasteiger charge is -2.11. The van der Waals surface area contributed by atoms with Crippen molar-refractivity contribution in [2.24, 2.45) is 0 Å². The summed E-state index contributed by atoms with van der Waals surface area (Å²) in [4.78, 5) is 25.3. The number of carbonyl (C=O) groups is 2. The number of benzene rings is 2. The minimum atomic E-state index is -0.575. The second-order valence-corrected chi connectivity index (χ2v) is 7.21. The Balaban J connectivity index is 1.65. The SMILES string of the molecule is CCCn1c(C)cc(C(=O)COC(=O)c2ccccc2OCc2ccccc2)c1C. The molecule has 0 spiro atoms. The number of esters is 1. The van der Waals surface area contributed by atoms with Crippen LogP contribution in [0.2, 0.25) is 0 Å². The van der Waals surface area contributed by atoms with Crippen LogP contribution in [0.5, 0.6) is 5.75 Å². The number of para-hydroxylation sites is 1. The molecule has 0 aliphatic carbocycles. The number of hydrogen-bond acceptors (Lipinski definition) is 4. The third kappa shape index (κ3) is 4.98. The van der Waals surface area contributed by atoms with Gasteiger partial charge in [0.2, 0.25) is 5.78 Å². The molecule has 0 aliphatic rings. The van der Waals surface area contributed by atoms with Gasteiger partial charge in [-0.15, -0.1) is 0 Å². The predicted octanol–water partition coefficient (Wildman–Crippen LogP) is 5.13. The highest BCUT2D eigenvalue weighted by Crippen LogP contribution is 2.21. The first-order chi connectivity index (χ1) is 14.5. The minimum absolute atomic E-state index is 0.207. The Kier molecular flexibility index (Phi) is 7.07. The molecule has 1 heterocycles. The molecule has 0 bridgehead atoms. The smallest absolute Gasteiger partial charge is 0.342 e. The molecule has 0 aliphatic heterocycles. The number of Topliss-reactive ketones (excluding diaryl/α,β-unsaturated/α-hetero) is 1. The zero-order chi connectivity index (χ0) is 21.5. The van der Waals surface area contributed by atoms with Gasteiger partial charge in [0.1, 0.15) is 17.9 Å². The molecule has 156 valence electrons. The third-order valence-corrected chi connectivity index (χ3v) is 5.00. The van der Waals surface area contributed by atoms with Gasteiger partial charge in [0.15, 0.2) is 6.61 Å². The maximum absolute atomic E-state index is 12.6. The zero-order valence-electron chi connectivity index (χ0n) is 17.7. The topological polar surface area (TPSA) is 57.5 Å². The fraction of sp³-hybridized carbons (Fsp3) is 0.280. The van der Waals surface area contributed by atoms with E-state index >= 15 is 0 Å². The fourth-order valence-electron chi connectivity index (χ4n) is 3.43. The molecule has 2 aromatic carbocycles. The maximum Gasteiger partial charge on any atom is 0.342 e. The summed E-state index contributed by atoms with van der Waals surface area (Å²) in [6.45, 7) is 6.89. The van der Waals surface area contributed by atoms with E-state index < -0.39 is 5.97 Å². The number of carbonyl (C=O) groups excluding carboxylic acids is 2. The normalized spacial score (nSPS) is 10.6. The van der Waals surface area contributed by atoms with E-state index in [2.05, 4.69) is 11.5 Å². The lowest BCUT2D eigenvalue weighted by molar-refractivity contribution is 0.0470. The van der Waals surface area contributed by atoms with Gasteiger partial charge in [-0.05, 0) is 44.0 Å². The molecule has 1 aromatic heterocycles. The number of hydrogen-bond donors (Lipinski definition) is 0. The van der Waals surface area contributed by atoms with Crippen LogP contribution >= 0.6 is 0 Å². The summed E-state index contributed by atoms with van der Waals surface area (Å²) in [5, 5.41) is 0. The van der Waals surface area contributed by atoms with Crippen molar-refractivity contribution in [2.45, 2.75) is 40.3 Å². The number of ether oxygens (including phenoxy) is 2. The molecule has 30 heavy (non-hydrogen) atoms. The Morgan fingerprint density at radius 3 is 2.37 bits per heavy atom. The summed E-state index contributed by atoms with van der Waals surface area (Å²) in [6, 6.07) is 18.5. The first-order valence-electron chi connectivity index (χ1n) is 10.1. The van der Waals surface area contributed by atoms with E-state index in [4.69, 9.17) is 9.47 Å². The summed E-state index contributed by atoms with van der Waals surface area (Å²) in [5.74, 6) is -0.351. The van der Waals surface area contributed by atoms with Gasteiger partial charge in [0, 0.05) is 23.5 Å². The minimum Gasteiger partial charge on any atom is -0.488 e. The second-order valence-electron chi connectivity index (χ2n) is 7.21. The van der Waals surface area contributed by atoms with Gasteiger partial charge in [-0.2, -0.15) is 0 Å². The predicted molar refractivity (Wildman–Crippen MR) is 116 cm³/mol. The monoisotopic (exact) mass is 405 g/mol. The summed E-state index contributed by atoms with van der Waals surface area (Å²) >= 11 is 0. The Morgan fingerprint density at radius 1 is 0.933 bits per heavy atom. The maximum atomic E-state index is 12.6. The van der Waals surface area contributed by atoms with Crippen molar-refractivity contribution < 1.29 is 19.1 Å². The van der Waals surface area contributed by atoms with E-state index in [9.17, 15) is 9.59 Å². The number of rotatable bonds is 9. The van der Waals surface area contributed by atoms with Crippen LogP contribution in [0.15, 0.2) is 60.7 Å². The molecule has 0 amide bonds. The van der Waals surface area contributed by atoms with E-state index in [0.717, 1.165) is 29.9 Å². The number of aryl methyl sites for hydroxylation is 1. The molecule has 3 rings (SSSR count). The highest BCUT2D eigenvalue weighted by Gasteiger charge is 2.19. The number of aromatic nitrogens is 1. The van der Waals surface area contributed by atoms with Crippen molar-refractivity contribution in [3.63, 3.8) is 0 Å². The van der Waals surface area contributed by atoms with Crippen molar-refractivity contribution in [1.82, 2.24) is 4.57 Å². The molecule has 0 fully saturated rings. The van der Waals surface area contributed by atoms with Gasteiger partial charge in [-0.25, -0.2) is 4.79 Å². The standard InChI is InChI=1S/C25H27NO4/c1-4-14-26-18(2)15-22(19(26)3)23(27)17-30-25(28)21-12-8-9-13-24(21)29-16-20-10-6-5-7-11-20/h5-13,15H,4,14,16-17H2,1-3H3. The van der Waals surface area contributed by atoms with Crippen LogP contribution in [0, 0.1) is 13.8 Å². The quantitative estimate of drug-likeness (QED) is 0.366. The number of ketones is 1. The van der Waals surface area contributed by atoms with Crippen LogP contribution in [0.1, 0.15) is 51.0 Å². The summed E-state index contributed by atoms with van der Waals surface area (Å²) in [6.07, 6.45) is 0.985. The van der Waals surface area contributed by atoms with Gasteiger partial charge >= 0.3 is 5.97 Å². The highest BCUT2D eigenvalue weighted by atomic mass is 16.5. The Bertz CT molecular complexity index is 1020. The Morgan fingerprint density at radius 2 is 1.63 bits per heavy atom. The summed E-state index contributed by atoms with van der Waals surface area (Å²) in [5.41, 5.74) is 3.84. The molecule has 0 N–H and O–H groups in total. The van der Waals surface area contributed by atoms with Gasteiger partial charge < -0.3 is 14.0 Å².